The second-order valence-electron chi connectivity index (χ2n) is 19.5. The lowest BCUT2D eigenvalue weighted by atomic mass is 9.49. The van der Waals surface area contributed by atoms with Crippen LogP contribution in [0, 0.1) is 59.2 Å². The maximum absolute atomic E-state index is 12.3. The average Bonchev–Trinajstić information content (AvgIpc) is 4.04. The van der Waals surface area contributed by atoms with E-state index in [1.807, 2.05) is 55.5 Å². The molecule has 15 nitrogen and oxygen atoms in total. The van der Waals surface area contributed by atoms with E-state index in [0.29, 0.717) is 12.8 Å². The molecule has 0 aromatic heterocycles. The maximum atomic E-state index is 12.3. The molecule has 2 aromatic carbocycles. The molecule has 6 saturated carbocycles. The van der Waals surface area contributed by atoms with E-state index in [9.17, 15) is 57.5 Å². The molecular weight excluding hydrogens is 829 g/mol. The summed E-state index contributed by atoms with van der Waals surface area (Å²) in [6.07, 6.45) is 2.78. The third kappa shape index (κ3) is 6.42. The largest absolute Gasteiger partial charge is 0.393 e. The zero-order chi connectivity index (χ0) is 45.1. The Morgan fingerprint density at radius 1 is 0.453 bits per heavy atom. The Balaban J connectivity index is 0.000000114. The molecule has 14 atom stereocenters. The molecule has 330 valence electrons. The van der Waals surface area contributed by atoms with Gasteiger partial charge in [0.15, 0.2) is 0 Å². The fraction of sp³-hybridized carbons (Fsp3) is 0.510. The van der Waals surface area contributed by atoms with Gasteiger partial charge >= 0.3 is 35.8 Å². The van der Waals surface area contributed by atoms with E-state index < -0.39 is 64.9 Å². The summed E-state index contributed by atoms with van der Waals surface area (Å²) in [5, 5.41) is 0. The van der Waals surface area contributed by atoms with Gasteiger partial charge in [-0.05, 0) is 71.6 Å². The van der Waals surface area contributed by atoms with Gasteiger partial charge in [-0.15, -0.1) is 0 Å². The van der Waals surface area contributed by atoms with Crippen LogP contribution in [-0.2, 0) is 77.2 Å². The van der Waals surface area contributed by atoms with Crippen molar-refractivity contribution < 1.29 is 71.7 Å². The fourth-order valence-electron chi connectivity index (χ4n) is 13.9. The predicted octanol–water partition coefficient (Wildman–Crippen LogP) is 3.69. The van der Waals surface area contributed by atoms with Crippen LogP contribution in [0.1, 0.15) is 111 Å². The molecule has 0 N–H and O–H groups in total. The zero-order valence-corrected chi connectivity index (χ0v) is 34.8. The normalized spacial score (nSPS) is 38.7. The molecule has 14 unspecified atom stereocenters. The highest BCUT2D eigenvalue weighted by Gasteiger charge is 2.64. The van der Waals surface area contributed by atoms with Crippen molar-refractivity contribution in [1.82, 2.24) is 0 Å². The third-order valence-corrected chi connectivity index (χ3v) is 16.4. The minimum absolute atomic E-state index is 0.00662. The van der Waals surface area contributed by atoms with Crippen LogP contribution in [0.25, 0.3) is 0 Å². The lowest BCUT2D eigenvalue weighted by Gasteiger charge is -2.53. The van der Waals surface area contributed by atoms with Crippen molar-refractivity contribution in [3.8, 4) is 0 Å². The van der Waals surface area contributed by atoms with Crippen LogP contribution in [0.4, 0.5) is 0 Å². The number of rotatable bonds is 2. The number of fused-ring (bicyclic) bond motifs is 7. The predicted molar refractivity (Wildman–Crippen MR) is 213 cm³/mol. The van der Waals surface area contributed by atoms with Crippen molar-refractivity contribution >= 4 is 70.5 Å². The molecule has 0 radical (unpaired) electrons. The van der Waals surface area contributed by atoms with Crippen molar-refractivity contribution in [1.29, 1.82) is 0 Å². The number of ketones is 6. The number of hydrogen-bond donors (Lipinski definition) is 0. The Bertz CT molecular complexity index is 2550. The highest BCUT2D eigenvalue weighted by atomic mass is 16.6. The van der Waals surface area contributed by atoms with Crippen LogP contribution in [-0.4, -0.2) is 70.5 Å². The van der Waals surface area contributed by atoms with Crippen LogP contribution in [0.15, 0.2) is 48.5 Å². The van der Waals surface area contributed by atoms with Crippen LogP contribution >= 0.6 is 0 Å². The summed E-state index contributed by atoms with van der Waals surface area (Å²) in [6.45, 7) is 1.91. The standard InChI is InChI=1S/C18H16O5.C17H14O5.C14H14O5/c1-18(12-6-15(21)23-17(12)22)8-10-13(19)7-14(20)16(10)9-4-2-3-5-11(9)18;18-13-7-14(19)16-9-4-2-1-3-8(9)10(5-12(13)16)11-6-15(20)22-17(11)21;15-8-4-9(16)13-6-2-1-5(12(8)13)7-3-10(17)19-14(18)11(6)7/h2-5,10,12,16H,6-8H2,1H3;1-4,10-12,16H,5-7H2;5-7,11-13H,1-4H2. The van der Waals surface area contributed by atoms with E-state index in [1.54, 1.807) is 0 Å². The summed E-state index contributed by atoms with van der Waals surface area (Å²) in [7, 11) is 0. The molecule has 15 heteroatoms. The lowest BCUT2D eigenvalue weighted by molar-refractivity contribution is -0.187. The van der Waals surface area contributed by atoms with E-state index in [0.717, 1.165) is 35.1 Å². The van der Waals surface area contributed by atoms with Crippen molar-refractivity contribution in [2.24, 2.45) is 59.2 Å². The van der Waals surface area contributed by atoms with Crippen molar-refractivity contribution in [3.63, 3.8) is 0 Å². The smallest absolute Gasteiger partial charge is 0.318 e. The summed E-state index contributed by atoms with van der Waals surface area (Å²) in [6, 6.07) is 14.9. The molecule has 2 bridgehead atoms. The Morgan fingerprint density at radius 3 is 1.64 bits per heavy atom. The monoisotopic (exact) mass is 872 g/mol. The highest BCUT2D eigenvalue weighted by molar-refractivity contribution is 6.13. The summed E-state index contributed by atoms with van der Waals surface area (Å²) in [5.41, 5.74) is 2.80. The number of carbonyl (C=O) groups excluding carboxylic acids is 12. The van der Waals surface area contributed by atoms with Crippen LogP contribution < -0.4 is 0 Å². The Morgan fingerprint density at radius 2 is 0.984 bits per heavy atom. The van der Waals surface area contributed by atoms with Gasteiger partial charge in [-0.25, -0.2) is 0 Å². The van der Waals surface area contributed by atoms with E-state index in [-0.39, 0.29) is 126 Å². The van der Waals surface area contributed by atoms with Crippen LogP contribution in [0.3, 0.4) is 0 Å². The molecule has 13 rings (SSSR count). The van der Waals surface area contributed by atoms with Crippen molar-refractivity contribution in [3.05, 3.63) is 70.8 Å². The highest BCUT2D eigenvalue weighted by Crippen LogP contribution is 2.60. The number of benzene rings is 2. The number of hydrogen-bond acceptors (Lipinski definition) is 15. The number of carbonyl (C=O) groups is 12. The number of ether oxygens (including phenoxy) is 3. The summed E-state index contributed by atoms with van der Waals surface area (Å²) in [4.78, 5) is 143. The quantitative estimate of drug-likeness (QED) is 0.238. The van der Waals surface area contributed by atoms with Gasteiger partial charge in [0.2, 0.25) is 0 Å². The maximum Gasteiger partial charge on any atom is 0.318 e. The number of Topliss-reactive ketones (excluding diaryl/α,β-unsaturated/α-hetero) is 6. The van der Waals surface area contributed by atoms with Gasteiger partial charge in [-0.3, -0.25) is 57.5 Å². The first-order valence-corrected chi connectivity index (χ1v) is 22.1. The molecule has 3 aliphatic heterocycles. The van der Waals surface area contributed by atoms with Crippen molar-refractivity contribution in [2.45, 2.75) is 94.3 Å². The first-order chi connectivity index (χ1) is 30.5. The number of cyclic esters (lactones) is 6. The summed E-state index contributed by atoms with van der Waals surface area (Å²) < 4.78 is 14.2. The molecule has 3 heterocycles. The second-order valence-corrected chi connectivity index (χ2v) is 19.5. The Kier molecular flexibility index (Phi) is 9.98. The first kappa shape index (κ1) is 41.9. The molecular formula is C49H44O15. The van der Waals surface area contributed by atoms with E-state index >= 15 is 0 Å². The van der Waals surface area contributed by atoms with Crippen LogP contribution in [0.2, 0.25) is 0 Å². The number of esters is 6. The zero-order valence-electron chi connectivity index (χ0n) is 34.8. The van der Waals surface area contributed by atoms with Gasteiger partial charge in [0.25, 0.3) is 0 Å². The van der Waals surface area contributed by atoms with Gasteiger partial charge in [0.1, 0.15) is 34.7 Å². The molecule has 9 fully saturated rings. The van der Waals surface area contributed by atoms with E-state index in [4.69, 9.17) is 9.47 Å². The van der Waals surface area contributed by atoms with Crippen molar-refractivity contribution in [2.75, 3.05) is 0 Å². The molecule has 3 saturated heterocycles. The summed E-state index contributed by atoms with van der Waals surface area (Å²) >= 11 is 0. The van der Waals surface area contributed by atoms with Gasteiger partial charge in [0, 0.05) is 35.5 Å². The molecule has 0 spiro atoms. The molecule has 64 heavy (non-hydrogen) atoms. The van der Waals surface area contributed by atoms with Crippen LogP contribution in [0.5, 0.6) is 0 Å². The molecule has 8 aliphatic carbocycles. The van der Waals surface area contributed by atoms with Gasteiger partial charge in [-0.1, -0.05) is 55.5 Å². The van der Waals surface area contributed by atoms with E-state index in [2.05, 4.69) is 4.74 Å². The minimum atomic E-state index is -0.665. The molecule has 0 amide bonds. The van der Waals surface area contributed by atoms with Gasteiger partial charge in [0.05, 0.1) is 61.7 Å². The minimum Gasteiger partial charge on any atom is -0.393 e. The molecule has 2 aromatic rings. The van der Waals surface area contributed by atoms with Gasteiger partial charge in [-0.2, -0.15) is 0 Å². The lowest BCUT2D eigenvalue weighted by Crippen LogP contribution is -2.57. The topological polar surface area (TPSA) is 233 Å². The third-order valence-electron chi connectivity index (χ3n) is 16.4. The average molecular weight is 873 g/mol. The Labute approximate surface area is 365 Å². The van der Waals surface area contributed by atoms with Gasteiger partial charge < -0.3 is 14.2 Å². The van der Waals surface area contributed by atoms with E-state index in [1.165, 1.54) is 0 Å². The molecule has 11 aliphatic rings. The SMILES string of the molecule is CC1(C2CC(=O)OC2=O)CC2C(=O)CC(=O)C2c2ccccc21.O=C1CC(C2CC3C(=O)CC(=O)C3c3ccccc32)C(=O)O1.O=C1CC2C3CCC(C2C(=O)O1)C1C(=O)CC(=O)C31. The summed E-state index contributed by atoms with van der Waals surface area (Å²) in [5.74, 6) is -7.10. The second kappa shape index (κ2) is 15.3. The Hall–Kier alpha value is -6.12. The fourth-order valence-corrected chi connectivity index (χ4v) is 13.9. The first-order valence-electron chi connectivity index (χ1n) is 22.1.